The van der Waals surface area contributed by atoms with E-state index in [0.29, 0.717) is 0 Å². The Bertz CT molecular complexity index is 3310. The van der Waals surface area contributed by atoms with Gasteiger partial charge in [-0.2, -0.15) is 9.13 Å². The summed E-state index contributed by atoms with van der Waals surface area (Å²) in [4.78, 5) is 0. The molecule has 4 aromatic carbocycles. The number of nitrogens with zero attached hydrogens (tertiary/aromatic N) is 4. The Kier molecular flexibility index (Phi) is 7.07. The normalized spacial score (nSPS) is 21.5. The van der Waals surface area contributed by atoms with Gasteiger partial charge in [-0.25, -0.2) is 0 Å². The average molecular weight is 841 g/mol. The first-order valence-electron chi connectivity index (χ1n) is 25.2. The molecule has 10 aliphatic rings. The highest BCUT2D eigenvalue weighted by molar-refractivity contribution is 6.33. The molecule has 65 heavy (non-hydrogen) atoms. The van der Waals surface area contributed by atoms with Gasteiger partial charge in [-0.3, -0.25) is 0 Å². The van der Waals surface area contributed by atoms with Crippen LogP contribution in [0.1, 0.15) is 133 Å². The molecule has 4 nitrogen and oxygen atoms in total. The van der Waals surface area contributed by atoms with Crippen LogP contribution in [-0.4, -0.2) is 29.7 Å². The minimum absolute atomic E-state index is 0.721. The number of hydrogen-bond acceptors (Lipinski definition) is 0. The molecule has 0 atom stereocenters. The first kappa shape index (κ1) is 35.8. The van der Waals surface area contributed by atoms with Gasteiger partial charge in [-0.05, 0) is 147 Å². The summed E-state index contributed by atoms with van der Waals surface area (Å²) in [5.74, 6) is -0.721. The fourth-order valence-corrected chi connectivity index (χ4v) is 15.1. The molecule has 4 heteroatoms. The van der Waals surface area contributed by atoms with Gasteiger partial charge in [-0.1, -0.05) is 130 Å². The van der Waals surface area contributed by atoms with E-state index in [1.807, 2.05) is 0 Å². The highest BCUT2D eigenvalue weighted by Gasteiger charge is 2.77. The van der Waals surface area contributed by atoms with Gasteiger partial charge in [0.25, 0.3) is 0 Å². The fourth-order valence-electron chi connectivity index (χ4n) is 15.1. The maximum absolute atomic E-state index is 3.04. The quantitative estimate of drug-likeness (QED) is 0.157. The van der Waals surface area contributed by atoms with Crippen LogP contribution in [0, 0.1) is 0 Å². The van der Waals surface area contributed by atoms with E-state index in [-0.39, 0.29) is 0 Å². The van der Waals surface area contributed by atoms with Crippen LogP contribution < -0.4 is 10.7 Å². The van der Waals surface area contributed by atoms with E-state index in [4.69, 9.17) is 0 Å². The Labute approximate surface area is 380 Å². The molecule has 0 radical (unpaired) electrons. The summed E-state index contributed by atoms with van der Waals surface area (Å²) >= 11 is 0. The third kappa shape index (κ3) is 4.19. The van der Waals surface area contributed by atoms with Crippen molar-refractivity contribution in [2.24, 2.45) is 0 Å². The van der Waals surface area contributed by atoms with Gasteiger partial charge >= 0.3 is 5.91 Å². The molecule has 0 saturated heterocycles. The second-order valence-electron chi connectivity index (χ2n) is 20.4. The van der Waals surface area contributed by atoms with Crippen molar-refractivity contribution < 1.29 is 9.15 Å². The lowest BCUT2D eigenvalue weighted by molar-refractivity contribution is -0.835. The third-order valence-corrected chi connectivity index (χ3v) is 17.3. The van der Waals surface area contributed by atoms with Gasteiger partial charge in [-0.15, -0.1) is 0 Å². The van der Waals surface area contributed by atoms with Crippen molar-refractivity contribution in [3.8, 4) is 0 Å². The maximum Gasteiger partial charge on any atom is 0.554 e. The first-order chi connectivity index (χ1) is 32.4. The van der Waals surface area contributed by atoms with Crippen LogP contribution >= 0.6 is 0 Å². The summed E-state index contributed by atoms with van der Waals surface area (Å²) in [6.45, 7) is 0. The van der Waals surface area contributed by atoms with Crippen molar-refractivity contribution in [2.75, 3.05) is 0 Å². The Hall–Kier alpha value is -6.52. The van der Waals surface area contributed by atoms with Crippen molar-refractivity contribution in [1.82, 2.24) is 9.13 Å². The summed E-state index contributed by atoms with van der Waals surface area (Å²) in [6, 6.07) is 46.7. The average Bonchev–Trinajstić information content (AvgIpc) is 4.12. The van der Waals surface area contributed by atoms with E-state index in [1.54, 1.807) is 44.5 Å². The van der Waals surface area contributed by atoms with Crippen molar-refractivity contribution >= 4 is 33.7 Å². The molecule has 0 unspecified atom stereocenters. The molecule has 0 fully saturated rings. The molecule has 2 aromatic heterocycles. The molecule has 0 amide bonds. The van der Waals surface area contributed by atoms with Gasteiger partial charge in [0.05, 0.1) is 44.4 Å². The zero-order valence-electron chi connectivity index (χ0n) is 37.1. The van der Waals surface area contributed by atoms with Crippen molar-refractivity contribution in [1.29, 1.82) is 0 Å². The lowest BCUT2D eigenvalue weighted by Gasteiger charge is -2.42. The zero-order valence-corrected chi connectivity index (χ0v) is 37.1. The molecule has 0 N–H and O–H groups in total. The van der Waals surface area contributed by atoms with E-state index in [9.17, 15) is 0 Å². The summed E-state index contributed by atoms with van der Waals surface area (Å²) in [6.07, 6.45) is 18.9. The van der Waals surface area contributed by atoms with Gasteiger partial charge in [0.15, 0.2) is 0 Å². The molecule has 6 aromatic rings. The molecule has 0 bridgehead atoms. The molecule has 1 spiro atoms. The Morgan fingerprint density at radius 3 is 1.03 bits per heavy atom. The predicted molar refractivity (Wildman–Crippen MR) is 259 cm³/mol. The maximum atomic E-state index is 3.04. The molecule has 6 aliphatic heterocycles. The van der Waals surface area contributed by atoms with Crippen LogP contribution in [0.15, 0.2) is 155 Å². The minimum Gasteiger partial charge on any atom is -0.197 e. The molecule has 0 saturated carbocycles. The Morgan fingerprint density at radius 2 is 0.646 bits per heavy atom. The molecule has 314 valence electrons. The zero-order chi connectivity index (χ0) is 42.1. The minimum atomic E-state index is -0.721. The smallest absolute Gasteiger partial charge is 0.197 e. The summed E-state index contributed by atoms with van der Waals surface area (Å²) < 4.78 is 12.2. The lowest BCUT2D eigenvalue weighted by Crippen LogP contribution is -2.72. The van der Waals surface area contributed by atoms with Gasteiger partial charge < -0.3 is 0 Å². The molecule has 4 aliphatic carbocycles. The second kappa shape index (κ2) is 12.8. The number of benzene rings is 4. The van der Waals surface area contributed by atoms with E-state index in [1.165, 1.54) is 141 Å². The predicted octanol–water partition coefficient (Wildman–Crippen LogP) is 10.8. The van der Waals surface area contributed by atoms with Crippen LogP contribution in [0.2, 0.25) is 0 Å². The number of rotatable bonds is 4. The number of allylic oxidation sites excluding steroid dienone is 4. The van der Waals surface area contributed by atoms with Crippen LogP contribution in [0.3, 0.4) is 0 Å². The highest BCUT2D eigenvalue weighted by atomic mass is 15.6. The molecular weight excluding hydrogens is 789 g/mol. The van der Waals surface area contributed by atoms with Gasteiger partial charge in [0.2, 0.25) is 22.8 Å². The van der Waals surface area contributed by atoms with Crippen molar-refractivity contribution in [3.05, 3.63) is 222 Å². The van der Waals surface area contributed by atoms with Gasteiger partial charge in [0.1, 0.15) is 0 Å². The Balaban J connectivity index is 1.25. The lowest BCUT2D eigenvalue weighted by atomic mass is 9.82. The van der Waals surface area contributed by atoms with E-state index < -0.39 is 5.91 Å². The van der Waals surface area contributed by atoms with E-state index in [0.717, 1.165) is 51.4 Å². The number of aromatic nitrogens is 2. The molecule has 8 heterocycles. The van der Waals surface area contributed by atoms with Crippen LogP contribution in [0.5, 0.6) is 0 Å². The Morgan fingerprint density at radius 1 is 0.323 bits per heavy atom. The summed E-state index contributed by atoms with van der Waals surface area (Å²) in [5.41, 5.74) is 33.2. The SMILES string of the molecule is c1ccc(C2=C3C4=C(CCCC4)C4=[N+]3C35n6c2c2c(c6C(c6ccccc6)=C6C7=C(CCCC7)C(=[N+]63)C(c3ccccc3)=c3c6c(c(n35)=C4c3ccccc3)CCCC6)CCCC2)cc1. The number of hydrogen-bond donors (Lipinski definition) is 0. The fraction of sp³-hybridized carbons (Fsp3) is 0.279. The summed E-state index contributed by atoms with van der Waals surface area (Å²) in [5, 5.41) is 3.00. The van der Waals surface area contributed by atoms with E-state index >= 15 is 0 Å². The standard InChI is InChI=1S/C61H52N4/c1-5-21-37(22-6-1)49-53-41-29-13-15-31-43(41)55-50(38-23-7-2-8-24-38)57-45-33-17-19-35-47(45)59-52(40-27-11-4-12-28-40)60-48-36-20-18-34-46(48)58-51(39-25-9-3-10-26-39)56-44-32-16-14-30-42(44)54(49)63(56)61(62(53)55,64(57)59)65(58)60/h1-12,21-28H,13-20,29-36H2/q+2. The summed E-state index contributed by atoms with van der Waals surface area (Å²) in [7, 11) is 0. The van der Waals surface area contributed by atoms with Crippen LogP contribution in [0.25, 0.3) is 22.3 Å². The van der Waals surface area contributed by atoms with Crippen LogP contribution in [-0.2, 0) is 31.6 Å². The van der Waals surface area contributed by atoms with Crippen molar-refractivity contribution in [2.45, 2.75) is 109 Å². The monoisotopic (exact) mass is 840 g/mol. The third-order valence-electron chi connectivity index (χ3n) is 17.3. The second-order valence-corrected chi connectivity index (χ2v) is 20.4. The largest absolute Gasteiger partial charge is 0.554 e. The molecule has 16 rings (SSSR count). The van der Waals surface area contributed by atoms with Gasteiger partial charge in [0, 0.05) is 22.3 Å². The van der Waals surface area contributed by atoms with Crippen LogP contribution in [0.4, 0.5) is 0 Å². The first-order valence-corrected chi connectivity index (χ1v) is 25.2. The van der Waals surface area contributed by atoms with E-state index in [2.05, 4.69) is 140 Å². The molecular formula is C61H52N4+2. The number of fused-ring (bicyclic) bond motifs is 10. The highest BCUT2D eigenvalue weighted by Crippen LogP contribution is 2.61. The topological polar surface area (TPSA) is 15.9 Å². The van der Waals surface area contributed by atoms with Crippen molar-refractivity contribution in [3.63, 3.8) is 0 Å².